The van der Waals surface area contributed by atoms with Gasteiger partial charge in [0.25, 0.3) is 5.91 Å². The second kappa shape index (κ2) is 7.04. The van der Waals surface area contributed by atoms with Crippen LogP contribution in [0.4, 0.5) is 0 Å². The van der Waals surface area contributed by atoms with Crippen molar-refractivity contribution in [3.63, 3.8) is 0 Å². The Labute approximate surface area is 149 Å². The molecule has 0 aliphatic rings. The molecule has 1 amide bonds. The van der Waals surface area contributed by atoms with Crippen LogP contribution in [-0.4, -0.2) is 11.6 Å². The van der Waals surface area contributed by atoms with Crippen molar-refractivity contribution >= 4 is 45.6 Å². The Kier molecular flexibility index (Phi) is 4.84. The van der Waals surface area contributed by atoms with Crippen molar-refractivity contribution in [3.8, 4) is 0 Å². The number of carbonyl (C=O) groups is 1. The zero-order valence-corrected chi connectivity index (χ0v) is 14.4. The number of hydrazone groups is 1. The number of amides is 1. The largest absolute Gasteiger partial charge is 0.272 e. The summed E-state index contributed by atoms with van der Waals surface area (Å²) in [6.07, 6.45) is 0. The van der Waals surface area contributed by atoms with Gasteiger partial charge >= 0.3 is 0 Å². The van der Waals surface area contributed by atoms with Gasteiger partial charge in [-0.3, -0.25) is 4.79 Å². The van der Waals surface area contributed by atoms with Gasteiger partial charge in [-0.05, 0) is 47.5 Å². The average molecular weight is 357 g/mol. The zero-order chi connectivity index (χ0) is 17.1. The van der Waals surface area contributed by atoms with E-state index in [0.717, 1.165) is 16.3 Å². The van der Waals surface area contributed by atoms with E-state index in [0.29, 0.717) is 21.3 Å². The number of benzene rings is 3. The first-order valence-corrected chi connectivity index (χ1v) is 8.09. The standard InChI is InChI=1S/C19H14Cl2N2O/c1-12(14-7-6-13-4-2-3-5-15(13)10-14)22-23-19(24)17-9-8-16(20)11-18(17)21/h2-11H,1H3,(H,23,24). The molecule has 0 bridgehead atoms. The van der Waals surface area contributed by atoms with E-state index in [9.17, 15) is 4.79 Å². The van der Waals surface area contributed by atoms with Gasteiger partial charge in [0.15, 0.2) is 0 Å². The Morgan fingerprint density at radius 2 is 1.71 bits per heavy atom. The molecule has 0 heterocycles. The van der Waals surface area contributed by atoms with Gasteiger partial charge in [0.2, 0.25) is 0 Å². The third kappa shape index (κ3) is 3.58. The van der Waals surface area contributed by atoms with Gasteiger partial charge in [-0.1, -0.05) is 59.6 Å². The van der Waals surface area contributed by atoms with Crippen molar-refractivity contribution in [2.45, 2.75) is 6.92 Å². The molecule has 120 valence electrons. The number of halogens is 2. The molecule has 0 spiro atoms. The summed E-state index contributed by atoms with van der Waals surface area (Å²) in [7, 11) is 0. The summed E-state index contributed by atoms with van der Waals surface area (Å²) in [6, 6.07) is 18.8. The van der Waals surface area contributed by atoms with Gasteiger partial charge in [-0.2, -0.15) is 5.10 Å². The summed E-state index contributed by atoms with van der Waals surface area (Å²) in [5.74, 6) is -0.378. The number of rotatable bonds is 3. The van der Waals surface area contributed by atoms with Crippen molar-refractivity contribution in [3.05, 3.63) is 81.8 Å². The van der Waals surface area contributed by atoms with Gasteiger partial charge in [0.1, 0.15) is 0 Å². The second-order valence-corrected chi connectivity index (χ2v) is 6.17. The number of carbonyl (C=O) groups excluding carboxylic acids is 1. The van der Waals surface area contributed by atoms with Crippen LogP contribution in [0.15, 0.2) is 65.8 Å². The number of nitrogens with one attached hydrogen (secondary N) is 1. The Morgan fingerprint density at radius 1 is 0.958 bits per heavy atom. The fourth-order valence-corrected chi connectivity index (χ4v) is 2.84. The van der Waals surface area contributed by atoms with Gasteiger partial charge in [0, 0.05) is 5.02 Å². The molecule has 0 aliphatic carbocycles. The van der Waals surface area contributed by atoms with Crippen molar-refractivity contribution in [1.82, 2.24) is 5.43 Å². The number of nitrogens with zero attached hydrogens (tertiary/aromatic N) is 1. The molecule has 1 N–H and O–H groups in total. The highest BCUT2D eigenvalue weighted by Gasteiger charge is 2.10. The van der Waals surface area contributed by atoms with Crippen LogP contribution >= 0.6 is 23.2 Å². The van der Waals surface area contributed by atoms with E-state index in [1.807, 2.05) is 43.3 Å². The molecule has 0 aromatic heterocycles. The molecule has 0 atom stereocenters. The van der Waals surface area contributed by atoms with Crippen molar-refractivity contribution in [2.24, 2.45) is 5.10 Å². The highest BCUT2D eigenvalue weighted by atomic mass is 35.5. The van der Waals surface area contributed by atoms with E-state index in [-0.39, 0.29) is 5.91 Å². The highest BCUT2D eigenvalue weighted by molar-refractivity contribution is 6.36. The lowest BCUT2D eigenvalue weighted by atomic mass is 10.0. The molecule has 3 aromatic rings. The maximum absolute atomic E-state index is 12.2. The summed E-state index contributed by atoms with van der Waals surface area (Å²) >= 11 is 11.9. The lowest BCUT2D eigenvalue weighted by Crippen LogP contribution is -2.19. The summed E-state index contributed by atoms with van der Waals surface area (Å²) in [5, 5.41) is 7.22. The monoisotopic (exact) mass is 356 g/mol. The van der Waals surface area contributed by atoms with E-state index in [4.69, 9.17) is 23.2 Å². The molecular weight excluding hydrogens is 343 g/mol. The molecule has 0 saturated carbocycles. The lowest BCUT2D eigenvalue weighted by Gasteiger charge is -2.06. The molecule has 0 fully saturated rings. The average Bonchev–Trinajstić information content (AvgIpc) is 2.59. The number of hydrogen-bond donors (Lipinski definition) is 1. The smallest absolute Gasteiger partial charge is 0.267 e. The lowest BCUT2D eigenvalue weighted by molar-refractivity contribution is 0.0955. The van der Waals surface area contributed by atoms with Gasteiger partial charge in [0.05, 0.1) is 16.3 Å². The predicted octanol–water partition coefficient (Wildman–Crippen LogP) is 5.30. The first-order chi connectivity index (χ1) is 11.5. The van der Waals surface area contributed by atoms with Gasteiger partial charge in [-0.15, -0.1) is 0 Å². The maximum Gasteiger partial charge on any atom is 0.272 e. The molecule has 3 aromatic carbocycles. The second-order valence-electron chi connectivity index (χ2n) is 5.32. The zero-order valence-electron chi connectivity index (χ0n) is 12.9. The molecule has 3 nitrogen and oxygen atoms in total. The first-order valence-electron chi connectivity index (χ1n) is 7.33. The van der Waals surface area contributed by atoms with E-state index in [1.165, 1.54) is 6.07 Å². The molecule has 0 saturated heterocycles. The summed E-state index contributed by atoms with van der Waals surface area (Å²) < 4.78 is 0. The van der Waals surface area contributed by atoms with Crippen molar-refractivity contribution < 1.29 is 4.79 Å². The van der Waals surface area contributed by atoms with Gasteiger partial charge < -0.3 is 0 Å². The minimum absolute atomic E-state index is 0.290. The predicted molar refractivity (Wildman–Crippen MR) is 100 cm³/mol. The maximum atomic E-state index is 12.2. The van der Waals surface area contributed by atoms with Crippen LogP contribution in [0, 0.1) is 0 Å². The van der Waals surface area contributed by atoms with E-state index in [2.05, 4.69) is 16.6 Å². The van der Waals surface area contributed by atoms with E-state index < -0.39 is 0 Å². The summed E-state index contributed by atoms with van der Waals surface area (Å²) in [4.78, 5) is 12.2. The third-order valence-electron chi connectivity index (χ3n) is 3.67. The van der Waals surface area contributed by atoms with Crippen LogP contribution in [0.25, 0.3) is 10.8 Å². The fourth-order valence-electron chi connectivity index (χ4n) is 2.35. The van der Waals surface area contributed by atoms with E-state index >= 15 is 0 Å². The van der Waals surface area contributed by atoms with Crippen molar-refractivity contribution in [1.29, 1.82) is 0 Å². The highest BCUT2D eigenvalue weighted by Crippen LogP contribution is 2.21. The number of hydrogen-bond acceptors (Lipinski definition) is 2. The molecule has 0 radical (unpaired) electrons. The third-order valence-corrected chi connectivity index (χ3v) is 4.22. The Bertz CT molecular complexity index is 951. The summed E-state index contributed by atoms with van der Waals surface area (Å²) in [5.41, 5.74) is 4.51. The van der Waals surface area contributed by atoms with Crippen LogP contribution in [0.5, 0.6) is 0 Å². The first kappa shape index (κ1) is 16.5. The van der Waals surface area contributed by atoms with Crippen LogP contribution < -0.4 is 5.43 Å². The van der Waals surface area contributed by atoms with Crippen LogP contribution in [0.1, 0.15) is 22.8 Å². The Morgan fingerprint density at radius 3 is 2.46 bits per heavy atom. The van der Waals surface area contributed by atoms with Gasteiger partial charge in [-0.25, -0.2) is 5.43 Å². The van der Waals surface area contributed by atoms with Crippen molar-refractivity contribution in [2.75, 3.05) is 0 Å². The summed E-state index contributed by atoms with van der Waals surface area (Å²) in [6.45, 7) is 1.84. The Hall–Kier alpha value is -2.36. The van der Waals surface area contributed by atoms with Crippen LogP contribution in [0.2, 0.25) is 10.0 Å². The minimum Gasteiger partial charge on any atom is -0.267 e. The fraction of sp³-hybridized carbons (Fsp3) is 0.0526. The molecule has 3 rings (SSSR count). The molecular formula is C19H14Cl2N2O. The minimum atomic E-state index is -0.378. The molecule has 5 heteroatoms. The molecule has 0 aliphatic heterocycles. The van der Waals surface area contributed by atoms with Crippen LogP contribution in [-0.2, 0) is 0 Å². The molecule has 24 heavy (non-hydrogen) atoms. The molecule has 0 unspecified atom stereocenters. The van der Waals surface area contributed by atoms with E-state index in [1.54, 1.807) is 12.1 Å². The topological polar surface area (TPSA) is 41.5 Å². The van der Waals surface area contributed by atoms with Crippen LogP contribution in [0.3, 0.4) is 0 Å². The SMILES string of the molecule is CC(=NNC(=O)c1ccc(Cl)cc1Cl)c1ccc2ccccc2c1. The normalized spacial score (nSPS) is 11.5. The number of fused-ring (bicyclic) bond motifs is 1. The Balaban J connectivity index is 1.80. The quantitative estimate of drug-likeness (QED) is 0.502.